The summed E-state index contributed by atoms with van der Waals surface area (Å²) in [5.74, 6) is 0.765. The summed E-state index contributed by atoms with van der Waals surface area (Å²) in [6.45, 7) is 12.3. The third kappa shape index (κ3) is 3.32. The first-order valence-corrected chi connectivity index (χ1v) is 9.42. The van der Waals surface area contributed by atoms with Crippen LogP contribution in [-0.4, -0.2) is 35.6 Å². The lowest BCUT2D eigenvalue weighted by Crippen LogP contribution is -2.67. The Labute approximate surface area is 132 Å². The minimum absolute atomic E-state index is 0.465. The average Bonchev–Trinajstić information content (AvgIpc) is 2.85. The van der Waals surface area contributed by atoms with Gasteiger partial charge in [-0.3, -0.25) is 4.90 Å². The summed E-state index contributed by atoms with van der Waals surface area (Å²) in [7, 11) is 0. The molecule has 3 aliphatic rings. The Morgan fingerprint density at radius 1 is 1.05 bits per heavy atom. The van der Waals surface area contributed by atoms with Crippen LogP contribution < -0.4 is 5.32 Å². The molecule has 1 N–H and O–H groups in total. The first-order valence-electron chi connectivity index (χ1n) is 9.42. The molecule has 1 aliphatic heterocycles. The monoisotopic (exact) mass is 292 g/mol. The lowest BCUT2D eigenvalue weighted by Gasteiger charge is -2.53. The van der Waals surface area contributed by atoms with E-state index in [4.69, 9.17) is 0 Å². The van der Waals surface area contributed by atoms with Crippen molar-refractivity contribution in [3.8, 4) is 0 Å². The number of hydrogen-bond donors (Lipinski definition) is 1. The summed E-state index contributed by atoms with van der Waals surface area (Å²) in [4.78, 5) is 2.95. The van der Waals surface area contributed by atoms with E-state index in [1.807, 2.05) is 0 Å². The van der Waals surface area contributed by atoms with Crippen LogP contribution in [0.2, 0.25) is 0 Å². The third-order valence-corrected chi connectivity index (χ3v) is 6.58. The average molecular weight is 293 g/mol. The van der Waals surface area contributed by atoms with Gasteiger partial charge in [0.25, 0.3) is 0 Å². The van der Waals surface area contributed by atoms with Gasteiger partial charge in [-0.2, -0.15) is 0 Å². The third-order valence-electron chi connectivity index (χ3n) is 6.58. The van der Waals surface area contributed by atoms with Crippen LogP contribution in [0.4, 0.5) is 0 Å². The molecule has 1 heterocycles. The zero-order valence-electron chi connectivity index (χ0n) is 14.8. The second kappa shape index (κ2) is 5.85. The normalized spacial score (nSPS) is 36.4. The Kier molecular flexibility index (Phi) is 4.40. The Bertz CT molecular complexity index is 355. The van der Waals surface area contributed by atoms with Crippen molar-refractivity contribution in [2.75, 3.05) is 13.1 Å². The Morgan fingerprint density at radius 2 is 1.76 bits per heavy atom. The molecular weight excluding hydrogens is 256 g/mol. The van der Waals surface area contributed by atoms with E-state index < -0.39 is 0 Å². The van der Waals surface area contributed by atoms with E-state index in [0.29, 0.717) is 11.0 Å². The van der Waals surface area contributed by atoms with E-state index in [9.17, 15) is 0 Å². The zero-order valence-corrected chi connectivity index (χ0v) is 14.8. The molecule has 0 radical (unpaired) electrons. The molecule has 0 amide bonds. The van der Waals surface area contributed by atoms with Crippen molar-refractivity contribution in [3.63, 3.8) is 0 Å². The fourth-order valence-corrected chi connectivity index (χ4v) is 5.31. The van der Waals surface area contributed by atoms with Crippen LogP contribution in [0.5, 0.6) is 0 Å². The van der Waals surface area contributed by atoms with Crippen LogP contribution in [0.15, 0.2) is 0 Å². The van der Waals surface area contributed by atoms with Crippen LogP contribution in [0.25, 0.3) is 0 Å². The number of rotatable bonds is 2. The molecule has 3 fully saturated rings. The number of hydrogen-bond acceptors (Lipinski definition) is 2. The van der Waals surface area contributed by atoms with Gasteiger partial charge in [-0.15, -0.1) is 0 Å². The van der Waals surface area contributed by atoms with Crippen molar-refractivity contribution in [1.29, 1.82) is 0 Å². The quantitative estimate of drug-likeness (QED) is 0.820. The minimum atomic E-state index is 0.465. The van der Waals surface area contributed by atoms with Crippen molar-refractivity contribution in [2.24, 2.45) is 11.3 Å². The standard InChI is InChI=1S/C19H36N2/c1-15(2)17-13-20-19(10-5-6-11-19)14-21(17)16-8-7-9-18(3,4)12-16/h15-17,20H,5-14H2,1-4H3. The highest BCUT2D eigenvalue weighted by atomic mass is 15.3. The molecule has 0 aromatic rings. The molecule has 1 saturated heterocycles. The molecule has 1 spiro atoms. The topological polar surface area (TPSA) is 15.3 Å². The lowest BCUT2D eigenvalue weighted by atomic mass is 9.73. The predicted octanol–water partition coefficient (Wildman–Crippen LogP) is 4.20. The number of nitrogens with one attached hydrogen (secondary N) is 1. The van der Waals surface area contributed by atoms with Crippen LogP contribution >= 0.6 is 0 Å². The SMILES string of the molecule is CC(C)C1CNC2(CCCC2)CN1C1CCCC(C)(C)C1. The van der Waals surface area contributed by atoms with Gasteiger partial charge >= 0.3 is 0 Å². The molecule has 0 aromatic heterocycles. The van der Waals surface area contributed by atoms with Gasteiger partial charge in [0.05, 0.1) is 0 Å². The van der Waals surface area contributed by atoms with Crippen molar-refractivity contribution in [3.05, 3.63) is 0 Å². The van der Waals surface area contributed by atoms with Gasteiger partial charge < -0.3 is 5.32 Å². The molecule has 2 heteroatoms. The van der Waals surface area contributed by atoms with Gasteiger partial charge in [-0.1, -0.05) is 47.0 Å². The van der Waals surface area contributed by atoms with Gasteiger partial charge in [0.1, 0.15) is 0 Å². The number of nitrogens with zero attached hydrogens (tertiary/aromatic N) is 1. The minimum Gasteiger partial charge on any atom is -0.308 e. The summed E-state index contributed by atoms with van der Waals surface area (Å²) in [6, 6.07) is 1.58. The maximum atomic E-state index is 3.97. The fraction of sp³-hybridized carbons (Fsp3) is 1.00. The van der Waals surface area contributed by atoms with E-state index in [2.05, 4.69) is 37.9 Å². The van der Waals surface area contributed by atoms with Gasteiger partial charge in [0, 0.05) is 30.7 Å². The second-order valence-electron chi connectivity index (χ2n) is 9.27. The maximum absolute atomic E-state index is 3.97. The zero-order chi connectivity index (χ0) is 15.1. The van der Waals surface area contributed by atoms with E-state index in [1.165, 1.54) is 64.5 Å². The molecular formula is C19H36N2. The highest BCUT2D eigenvalue weighted by Gasteiger charge is 2.45. The molecule has 0 bridgehead atoms. The highest BCUT2D eigenvalue weighted by Crippen LogP contribution is 2.41. The maximum Gasteiger partial charge on any atom is 0.0309 e. The molecule has 122 valence electrons. The van der Waals surface area contributed by atoms with Gasteiger partial charge in [0.2, 0.25) is 0 Å². The molecule has 2 saturated carbocycles. The summed E-state index contributed by atoms with van der Waals surface area (Å²) >= 11 is 0. The molecule has 2 atom stereocenters. The summed E-state index contributed by atoms with van der Waals surface area (Å²) in [5.41, 5.74) is 1.02. The summed E-state index contributed by atoms with van der Waals surface area (Å²) < 4.78 is 0. The van der Waals surface area contributed by atoms with Gasteiger partial charge in [-0.25, -0.2) is 0 Å². The Morgan fingerprint density at radius 3 is 2.38 bits per heavy atom. The summed E-state index contributed by atoms with van der Waals surface area (Å²) in [5, 5.41) is 3.97. The fourth-order valence-electron chi connectivity index (χ4n) is 5.31. The smallest absolute Gasteiger partial charge is 0.0309 e. The lowest BCUT2D eigenvalue weighted by molar-refractivity contribution is -0.00970. The molecule has 3 rings (SSSR count). The first-order chi connectivity index (χ1) is 9.91. The summed E-state index contributed by atoms with van der Waals surface area (Å²) in [6.07, 6.45) is 11.4. The van der Waals surface area contributed by atoms with E-state index in [0.717, 1.165) is 18.0 Å². The Balaban J connectivity index is 1.77. The predicted molar refractivity (Wildman–Crippen MR) is 90.6 cm³/mol. The van der Waals surface area contributed by atoms with Crippen molar-refractivity contribution < 1.29 is 0 Å². The van der Waals surface area contributed by atoms with Crippen molar-refractivity contribution in [2.45, 2.75) is 96.7 Å². The molecule has 0 aromatic carbocycles. The second-order valence-corrected chi connectivity index (χ2v) is 9.27. The Hall–Kier alpha value is -0.0800. The van der Waals surface area contributed by atoms with Crippen molar-refractivity contribution >= 4 is 0 Å². The first kappa shape index (κ1) is 15.8. The molecule has 2 aliphatic carbocycles. The van der Waals surface area contributed by atoms with E-state index in [-0.39, 0.29) is 0 Å². The van der Waals surface area contributed by atoms with Crippen LogP contribution in [0, 0.1) is 11.3 Å². The van der Waals surface area contributed by atoms with Crippen LogP contribution in [0.1, 0.15) is 79.1 Å². The van der Waals surface area contributed by atoms with Gasteiger partial charge in [0.15, 0.2) is 0 Å². The van der Waals surface area contributed by atoms with Crippen LogP contribution in [0.3, 0.4) is 0 Å². The molecule has 21 heavy (non-hydrogen) atoms. The largest absolute Gasteiger partial charge is 0.308 e. The van der Waals surface area contributed by atoms with Crippen molar-refractivity contribution in [1.82, 2.24) is 10.2 Å². The van der Waals surface area contributed by atoms with E-state index in [1.54, 1.807) is 0 Å². The highest BCUT2D eigenvalue weighted by molar-refractivity contribution is 5.04. The number of piperazine rings is 1. The van der Waals surface area contributed by atoms with Gasteiger partial charge in [-0.05, 0) is 43.4 Å². The van der Waals surface area contributed by atoms with E-state index >= 15 is 0 Å². The molecule has 2 nitrogen and oxygen atoms in total. The van der Waals surface area contributed by atoms with Crippen LogP contribution in [-0.2, 0) is 0 Å². The molecule has 2 unspecified atom stereocenters.